The third kappa shape index (κ3) is 3.99. The zero-order chi connectivity index (χ0) is 23.7. The van der Waals surface area contributed by atoms with E-state index in [1.165, 1.54) is 49.5 Å². The zero-order valence-electron chi connectivity index (χ0n) is 17.8. The second kappa shape index (κ2) is 8.88. The number of hydrogen-bond donors (Lipinski definition) is 2. The summed E-state index contributed by atoms with van der Waals surface area (Å²) in [5.41, 5.74) is 0.972. The van der Waals surface area contributed by atoms with E-state index in [2.05, 4.69) is 0 Å². The van der Waals surface area contributed by atoms with Gasteiger partial charge in [-0.25, -0.2) is 0 Å². The van der Waals surface area contributed by atoms with Crippen LogP contribution in [0.15, 0.2) is 72.3 Å². The molecular formula is C25H20ClNO6. The molecule has 3 aromatic carbocycles. The lowest BCUT2D eigenvalue weighted by Crippen LogP contribution is -2.29. The molecule has 33 heavy (non-hydrogen) atoms. The van der Waals surface area contributed by atoms with E-state index in [0.717, 1.165) is 0 Å². The highest BCUT2D eigenvalue weighted by Gasteiger charge is 2.47. The summed E-state index contributed by atoms with van der Waals surface area (Å²) in [6.07, 6.45) is 0. The van der Waals surface area contributed by atoms with Crippen LogP contribution in [-0.2, 0) is 9.59 Å². The van der Waals surface area contributed by atoms with Crippen molar-refractivity contribution in [2.75, 3.05) is 19.1 Å². The Balaban J connectivity index is 1.96. The Hall–Kier alpha value is -3.97. The van der Waals surface area contributed by atoms with Gasteiger partial charge in [-0.05, 0) is 48.0 Å². The van der Waals surface area contributed by atoms with Crippen LogP contribution in [-0.4, -0.2) is 36.1 Å². The number of amides is 1. The van der Waals surface area contributed by atoms with Crippen molar-refractivity contribution in [1.82, 2.24) is 0 Å². The van der Waals surface area contributed by atoms with Gasteiger partial charge in [0.05, 0.1) is 30.9 Å². The van der Waals surface area contributed by atoms with E-state index in [0.29, 0.717) is 27.8 Å². The van der Waals surface area contributed by atoms with Crippen LogP contribution in [0.5, 0.6) is 17.2 Å². The van der Waals surface area contributed by atoms with Crippen molar-refractivity contribution in [3.63, 3.8) is 0 Å². The molecule has 0 radical (unpaired) electrons. The van der Waals surface area contributed by atoms with Crippen LogP contribution < -0.4 is 14.4 Å². The largest absolute Gasteiger partial charge is 0.508 e. The Morgan fingerprint density at radius 3 is 2.42 bits per heavy atom. The molecule has 0 saturated carbocycles. The van der Waals surface area contributed by atoms with Crippen LogP contribution in [0.1, 0.15) is 17.2 Å². The Kier molecular flexibility index (Phi) is 5.98. The predicted octanol–water partition coefficient (Wildman–Crippen LogP) is 4.69. The first-order chi connectivity index (χ1) is 15.8. The maximum Gasteiger partial charge on any atom is 0.300 e. The maximum absolute atomic E-state index is 13.2. The van der Waals surface area contributed by atoms with Gasteiger partial charge in [-0.2, -0.15) is 0 Å². The van der Waals surface area contributed by atoms with E-state index in [1.807, 2.05) is 0 Å². The number of hydrogen-bond acceptors (Lipinski definition) is 6. The lowest BCUT2D eigenvalue weighted by Gasteiger charge is -2.26. The topological polar surface area (TPSA) is 96.3 Å². The first-order valence-electron chi connectivity index (χ1n) is 9.93. The summed E-state index contributed by atoms with van der Waals surface area (Å²) in [4.78, 5) is 27.6. The first kappa shape index (κ1) is 22.2. The molecule has 168 valence electrons. The second-order valence-electron chi connectivity index (χ2n) is 7.31. The molecule has 3 aromatic rings. The molecule has 4 rings (SSSR count). The van der Waals surface area contributed by atoms with Crippen LogP contribution in [0.25, 0.3) is 5.76 Å². The third-order valence-corrected chi connectivity index (χ3v) is 5.70. The molecule has 0 aliphatic carbocycles. The van der Waals surface area contributed by atoms with Crippen molar-refractivity contribution in [2.24, 2.45) is 0 Å². The highest BCUT2D eigenvalue weighted by molar-refractivity contribution is 6.51. The van der Waals surface area contributed by atoms with Crippen molar-refractivity contribution in [1.29, 1.82) is 0 Å². The average molecular weight is 466 g/mol. The number of phenols is 1. The van der Waals surface area contributed by atoms with Crippen LogP contribution in [0.3, 0.4) is 0 Å². The number of ketones is 1. The molecule has 1 heterocycles. The Morgan fingerprint density at radius 1 is 0.970 bits per heavy atom. The summed E-state index contributed by atoms with van der Waals surface area (Å²) in [5, 5.41) is 21.6. The minimum Gasteiger partial charge on any atom is -0.508 e. The molecule has 1 saturated heterocycles. The number of Topliss-reactive ketones (excluding diaryl/α,β-unsaturated/α-hetero) is 1. The molecule has 0 aromatic heterocycles. The van der Waals surface area contributed by atoms with Crippen LogP contribution in [0.2, 0.25) is 5.02 Å². The van der Waals surface area contributed by atoms with Crippen molar-refractivity contribution >= 4 is 34.7 Å². The van der Waals surface area contributed by atoms with Crippen LogP contribution in [0, 0.1) is 0 Å². The minimum absolute atomic E-state index is 0.0445. The fourth-order valence-electron chi connectivity index (χ4n) is 3.83. The number of aliphatic hydroxyl groups excluding tert-OH is 1. The summed E-state index contributed by atoms with van der Waals surface area (Å²) in [7, 11) is 2.92. The van der Waals surface area contributed by atoms with Gasteiger partial charge in [0.25, 0.3) is 11.7 Å². The van der Waals surface area contributed by atoms with Crippen molar-refractivity contribution < 1.29 is 29.3 Å². The summed E-state index contributed by atoms with van der Waals surface area (Å²) >= 11 is 6.09. The number of nitrogens with zero attached hydrogens (tertiary/aromatic N) is 1. The van der Waals surface area contributed by atoms with E-state index in [9.17, 15) is 19.8 Å². The van der Waals surface area contributed by atoms with Gasteiger partial charge in [0.1, 0.15) is 23.0 Å². The zero-order valence-corrected chi connectivity index (χ0v) is 18.5. The summed E-state index contributed by atoms with van der Waals surface area (Å²) in [6.45, 7) is 0. The molecule has 1 unspecified atom stereocenters. The SMILES string of the molecule is COc1cccc(N2C(=O)C(=O)/C(=C(/O)c3ccc(Cl)c(OC)c3)C2c2cccc(O)c2)c1. The van der Waals surface area contributed by atoms with Gasteiger partial charge in [-0.3, -0.25) is 14.5 Å². The van der Waals surface area contributed by atoms with Gasteiger partial charge in [0.15, 0.2) is 0 Å². The molecule has 1 aliphatic heterocycles. The number of carbonyl (C=O) groups excluding carboxylic acids is 2. The molecule has 1 aliphatic rings. The molecule has 7 nitrogen and oxygen atoms in total. The Labute approximate surface area is 195 Å². The molecule has 0 spiro atoms. The number of ether oxygens (including phenoxy) is 2. The van der Waals surface area contributed by atoms with E-state index in [-0.39, 0.29) is 22.6 Å². The smallest absolute Gasteiger partial charge is 0.300 e. The van der Waals surface area contributed by atoms with E-state index < -0.39 is 17.7 Å². The highest BCUT2D eigenvalue weighted by Crippen LogP contribution is 2.43. The predicted molar refractivity (Wildman–Crippen MR) is 124 cm³/mol. The standard InChI is InChI=1S/C25H20ClNO6/c1-32-18-8-4-6-16(13-18)27-22(14-5-3-7-17(28)11-14)21(24(30)25(27)31)23(29)15-9-10-19(26)20(12-15)33-2/h3-13,22,28-29H,1-2H3/b23-21+. The molecule has 1 atom stereocenters. The molecule has 8 heteroatoms. The molecule has 2 N–H and O–H groups in total. The summed E-state index contributed by atoms with van der Waals surface area (Å²) in [5.74, 6) is -1.32. The minimum atomic E-state index is -0.995. The van der Waals surface area contributed by atoms with Crippen molar-refractivity contribution in [3.8, 4) is 17.2 Å². The van der Waals surface area contributed by atoms with E-state index >= 15 is 0 Å². The van der Waals surface area contributed by atoms with Gasteiger partial charge in [0.2, 0.25) is 0 Å². The quantitative estimate of drug-likeness (QED) is 0.322. The van der Waals surface area contributed by atoms with Gasteiger partial charge in [-0.15, -0.1) is 0 Å². The normalized spacial score (nSPS) is 17.3. The molecule has 1 fully saturated rings. The van der Waals surface area contributed by atoms with Gasteiger partial charge < -0.3 is 19.7 Å². The van der Waals surface area contributed by atoms with E-state index in [1.54, 1.807) is 36.4 Å². The molecular weight excluding hydrogens is 446 g/mol. The lowest BCUT2D eigenvalue weighted by atomic mass is 9.95. The van der Waals surface area contributed by atoms with Crippen LogP contribution >= 0.6 is 11.6 Å². The van der Waals surface area contributed by atoms with Gasteiger partial charge in [-0.1, -0.05) is 29.8 Å². The number of rotatable bonds is 5. The summed E-state index contributed by atoms with van der Waals surface area (Å²) < 4.78 is 10.5. The monoisotopic (exact) mass is 465 g/mol. The number of benzene rings is 3. The number of anilines is 1. The van der Waals surface area contributed by atoms with Crippen molar-refractivity contribution in [2.45, 2.75) is 6.04 Å². The highest BCUT2D eigenvalue weighted by atomic mass is 35.5. The molecule has 0 bridgehead atoms. The fraction of sp³-hybridized carbons (Fsp3) is 0.120. The number of phenolic OH excluding ortho intramolecular Hbond substituents is 1. The van der Waals surface area contributed by atoms with Gasteiger partial charge >= 0.3 is 0 Å². The van der Waals surface area contributed by atoms with Crippen LogP contribution in [0.4, 0.5) is 5.69 Å². The third-order valence-electron chi connectivity index (χ3n) is 5.39. The first-order valence-corrected chi connectivity index (χ1v) is 10.3. The lowest BCUT2D eigenvalue weighted by molar-refractivity contribution is -0.132. The number of halogens is 1. The van der Waals surface area contributed by atoms with Crippen molar-refractivity contribution in [3.05, 3.63) is 88.5 Å². The second-order valence-corrected chi connectivity index (χ2v) is 7.72. The Morgan fingerprint density at radius 2 is 1.73 bits per heavy atom. The molecule has 1 amide bonds. The average Bonchev–Trinajstić information content (AvgIpc) is 3.09. The number of methoxy groups -OCH3 is 2. The number of aromatic hydroxyl groups is 1. The van der Waals surface area contributed by atoms with Gasteiger partial charge in [0, 0.05) is 17.3 Å². The maximum atomic E-state index is 13.2. The number of carbonyl (C=O) groups is 2. The van der Waals surface area contributed by atoms with E-state index in [4.69, 9.17) is 21.1 Å². The number of aliphatic hydroxyl groups is 1. The fourth-order valence-corrected chi connectivity index (χ4v) is 4.03. The Bertz CT molecular complexity index is 1290. The summed E-state index contributed by atoms with van der Waals surface area (Å²) in [6, 6.07) is 16.4.